The molecule has 5 nitrogen and oxygen atoms in total. The lowest BCUT2D eigenvalue weighted by Crippen LogP contribution is -2.49. The van der Waals surface area contributed by atoms with Crippen LogP contribution in [0.1, 0.15) is 12.8 Å². The maximum absolute atomic E-state index is 11.8. The molecule has 88 valence electrons. The smallest absolute Gasteiger partial charge is 0.327 e. The van der Waals surface area contributed by atoms with Gasteiger partial charge in [0, 0.05) is 11.8 Å². The summed E-state index contributed by atoms with van der Waals surface area (Å²) in [6, 6.07) is -0.807. The minimum Gasteiger partial charge on any atom is -0.480 e. The number of carbonyl (C=O) groups excluding carboxylic acids is 1. The van der Waals surface area contributed by atoms with Crippen molar-refractivity contribution in [2.45, 2.75) is 24.9 Å². The Morgan fingerprint density at radius 3 is 2.69 bits per heavy atom. The summed E-state index contributed by atoms with van der Waals surface area (Å²) in [7, 11) is 0. The number of nitrogens with zero attached hydrogens (tertiary/aromatic N) is 1. The lowest BCUT2D eigenvalue weighted by Gasteiger charge is -2.23. The molecule has 0 radical (unpaired) electrons. The summed E-state index contributed by atoms with van der Waals surface area (Å²) in [5.41, 5.74) is 0. The zero-order valence-corrected chi connectivity index (χ0v) is 9.57. The van der Waals surface area contributed by atoms with Crippen LogP contribution in [-0.4, -0.2) is 45.7 Å². The first kappa shape index (κ1) is 11.3. The molecule has 2 N–H and O–H groups in total. The molecule has 1 aliphatic carbocycles. The Bertz CT molecular complexity index is 324. The van der Waals surface area contributed by atoms with Gasteiger partial charge in [0.25, 0.3) is 0 Å². The monoisotopic (exact) mass is 242 g/mol. The Morgan fingerprint density at radius 2 is 2.06 bits per heavy atom. The zero-order chi connectivity index (χ0) is 11.5. The first-order valence-electron chi connectivity index (χ1n) is 5.21. The number of nitrogens with one attached hydrogen (secondary N) is 1. The molecule has 6 heteroatoms. The minimum absolute atomic E-state index is 0.132. The van der Waals surface area contributed by atoms with Gasteiger partial charge in [-0.3, -0.25) is 0 Å². The normalized spacial score (nSPS) is 25.0. The Hall–Kier alpha value is -1.17. The Kier molecular flexibility index (Phi) is 3.38. The SMILES string of the molecule is O=C(O)[C@@H]1CSCN1C(=O)NC1CC=CC1. The van der Waals surface area contributed by atoms with Gasteiger partial charge in [-0.1, -0.05) is 12.2 Å². The molecule has 2 amide bonds. The number of hydrogen-bond donors (Lipinski definition) is 2. The van der Waals surface area contributed by atoms with Crippen LogP contribution in [0.5, 0.6) is 0 Å². The quantitative estimate of drug-likeness (QED) is 0.705. The van der Waals surface area contributed by atoms with Gasteiger partial charge in [0.1, 0.15) is 6.04 Å². The molecule has 1 aliphatic heterocycles. The van der Waals surface area contributed by atoms with E-state index in [4.69, 9.17) is 5.11 Å². The van der Waals surface area contributed by atoms with E-state index in [0.29, 0.717) is 11.6 Å². The van der Waals surface area contributed by atoms with Crippen LogP contribution in [0.3, 0.4) is 0 Å². The molecular formula is C10H14N2O3S. The van der Waals surface area contributed by atoms with Gasteiger partial charge in [-0.15, -0.1) is 11.8 Å². The maximum Gasteiger partial charge on any atom is 0.327 e. The molecule has 0 spiro atoms. The van der Waals surface area contributed by atoms with E-state index in [1.165, 1.54) is 16.7 Å². The van der Waals surface area contributed by atoms with Crippen molar-refractivity contribution in [3.8, 4) is 0 Å². The average molecular weight is 242 g/mol. The van der Waals surface area contributed by atoms with E-state index in [9.17, 15) is 9.59 Å². The fourth-order valence-electron chi connectivity index (χ4n) is 1.84. The molecule has 0 aromatic heterocycles. The number of urea groups is 1. The van der Waals surface area contributed by atoms with Crippen LogP contribution in [0, 0.1) is 0 Å². The van der Waals surface area contributed by atoms with Crippen molar-refractivity contribution in [2.24, 2.45) is 0 Å². The van der Waals surface area contributed by atoms with Gasteiger partial charge < -0.3 is 15.3 Å². The number of rotatable bonds is 2. The number of carboxylic acid groups (broad SMARTS) is 1. The number of carbonyl (C=O) groups is 2. The van der Waals surface area contributed by atoms with E-state index in [1.807, 2.05) is 12.2 Å². The Balaban J connectivity index is 1.90. The van der Waals surface area contributed by atoms with Crippen LogP contribution >= 0.6 is 11.8 Å². The molecule has 1 fully saturated rings. The standard InChI is InChI=1S/C10H14N2O3S/c13-9(14)8-5-16-6-12(8)10(15)11-7-3-1-2-4-7/h1-2,7-8H,3-6H2,(H,11,15)(H,13,14)/t8-/m0/s1. The van der Waals surface area contributed by atoms with E-state index >= 15 is 0 Å². The lowest BCUT2D eigenvalue weighted by molar-refractivity contribution is -0.140. The van der Waals surface area contributed by atoms with Gasteiger partial charge in [-0.05, 0) is 12.8 Å². The van der Waals surface area contributed by atoms with Gasteiger partial charge in [0.05, 0.1) is 5.88 Å². The van der Waals surface area contributed by atoms with Crippen LogP contribution < -0.4 is 5.32 Å². The van der Waals surface area contributed by atoms with Crippen LogP contribution in [-0.2, 0) is 4.79 Å². The molecule has 2 aliphatic rings. The van der Waals surface area contributed by atoms with E-state index in [1.54, 1.807) is 0 Å². The largest absolute Gasteiger partial charge is 0.480 e. The molecule has 0 unspecified atom stereocenters. The summed E-state index contributed by atoms with van der Waals surface area (Å²) in [4.78, 5) is 24.1. The van der Waals surface area contributed by atoms with Crippen molar-refractivity contribution in [1.82, 2.24) is 10.2 Å². The third kappa shape index (κ3) is 2.32. The number of carboxylic acids is 1. The van der Waals surface area contributed by atoms with Crippen LogP contribution in [0.15, 0.2) is 12.2 Å². The second kappa shape index (κ2) is 4.78. The van der Waals surface area contributed by atoms with Crippen molar-refractivity contribution in [3.05, 3.63) is 12.2 Å². The predicted molar refractivity (Wildman–Crippen MR) is 61.3 cm³/mol. The Morgan fingerprint density at radius 1 is 1.38 bits per heavy atom. The third-order valence-electron chi connectivity index (χ3n) is 2.76. The van der Waals surface area contributed by atoms with Gasteiger partial charge in [-0.2, -0.15) is 0 Å². The summed E-state index contributed by atoms with van der Waals surface area (Å²) in [6.45, 7) is 0. The lowest BCUT2D eigenvalue weighted by atomic mass is 10.2. The number of thioether (sulfide) groups is 1. The van der Waals surface area contributed by atoms with Crippen LogP contribution in [0.4, 0.5) is 4.79 Å². The summed E-state index contributed by atoms with van der Waals surface area (Å²) in [5.74, 6) is 0.0129. The van der Waals surface area contributed by atoms with Gasteiger partial charge in [0.2, 0.25) is 0 Å². The van der Waals surface area contributed by atoms with Crippen molar-refractivity contribution in [2.75, 3.05) is 11.6 Å². The highest BCUT2D eigenvalue weighted by Crippen LogP contribution is 2.21. The van der Waals surface area contributed by atoms with Crippen molar-refractivity contribution in [1.29, 1.82) is 0 Å². The molecule has 1 heterocycles. The highest BCUT2D eigenvalue weighted by Gasteiger charge is 2.35. The fraction of sp³-hybridized carbons (Fsp3) is 0.600. The second-order valence-corrected chi connectivity index (χ2v) is 4.91. The molecule has 16 heavy (non-hydrogen) atoms. The molecule has 1 atom stereocenters. The molecule has 0 saturated carbocycles. The zero-order valence-electron chi connectivity index (χ0n) is 8.76. The van der Waals surface area contributed by atoms with E-state index in [2.05, 4.69) is 5.32 Å². The fourth-order valence-corrected chi connectivity index (χ4v) is 2.99. The minimum atomic E-state index is -0.926. The summed E-state index contributed by atoms with van der Waals surface area (Å²) in [6.07, 6.45) is 5.73. The summed E-state index contributed by atoms with van der Waals surface area (Å²) < 4.78 is 0. The van der Waals surface area contributed by atoms with Crippen molar-refractivity contribution < 1.29 is 14.7 Å². The van der Waals surface area contributed by atoms with E-state index in [-0.39, 0.29) is 12.1 Å². The van der Waals surface area contributed by atoms with Gasteiger partial charge in [-0.25, -0.2) is 9.59 Å². The molecule has 0 bridgehead atoms. The van der Waals surface area contributed by atoms with Gasteiger partial charge in [0.15, 0.2) is 0 Å². The van der Waals surface area contributed by atoms with Gasteiger partial charge >= 0.3 is 12.0 Å². The van der Waals surface area contributed by atoms with Crippen LogP contribution in [0.25, 0.3) is 0 Å². The molecular weight excluding hydrogens is 228 g/mol. The predicted octanol–water partition coefficient (Wildman–Crippen LogP) is 0.874. The number of amides is 2. The average Bonchev–Trinajstić information content (AvgIpc) is 2.86. The second-order valence-electron chi connectivity index (χ2n) is 3.91. The van der Waals surface area contributed by atoms with Crippen molar-refractivity contribution in [3.63, 3.8) is 0 Å². The maximum atomic E-state index is 11.8. The topological polar surface area (TPSA) is 69.6 Å². The van der Waals surface area contributed by atoms with E-state index < -0.39 is 12.0 Å². The third-order valence-corrected chi connectivity index (χ3v) is 3.78. The molecule has 0 aromatic carbocycles. The Labute approximate surface area is 97.9 Å². The molecule has 1 saturated heterocycles. The van der Waals surface area contributed by atoms with Crippen molar-refractivity contribution >= 4 is 23.8 Å². The van der Waals surface area contributed by atoms with Crippen LogP contribution in [0.2, 0.25) is 0 Å². The molecule has 2 rings (SSSR count). The number of hydrogen-bond acceptors (Lipinski definition) is 3. The molecule has 0 aromatic rings. The first-order valence-corrected chi connectivity index (χ1v) is 6.36. The highest BCUT2D eigenvalue weighted by molar-refractivity contribution is 7.99. The summed E-state index contributed by atoms with van der Waals surface area (Å²) >= 11 is 1.47. The summed E-state index contributed by atoms with van der Waals surface area (Å²) in [5, 5.41) is 11.8. The number of aliphatic carboxylic acids is 1. The highest BCUT2D eigenvalue weighted by atomic mass is 32.2. The van der Waals surface area contributed by atoms with E-state index in [0.717, 1.165) is 12.8 Å². The first-order chi connectivity index (χ1) is 7.68.